The minimum atomic E-state index is 0.283. The summed E-state index contributed by atoms with van der Waals surface area (Å²) < 4.78 is 2.05. The van der Waals surface area contributed by atoms with Crippen LogP contribution in [-0.4, -0.2) is 52.9 Å². The molecule has 1 aromatic heterocycles. The molecule has 2 heterocycles. The maximum Gasteiger partial charge on any atom is 0.0660 e. The van der Waals surface area contributed by atoms with Gasteiger partial charge in [0.05, 0.1) is 17.4 Å². The van der Waals surface area contributed by atoms with E-state index >= 15 is 0 Å². The molecule has 0 saturated carbocycles. The Bertz CT molecular complexity index is 569. The Morgan fingerprint density at radius 3 is 2.81 bits per heavy atom. The second-order valence-electron chi connectivity index (χ2n) is 5.39. The molecule has 1 aliphatic heterocycles. The zero-order chi connectivity index (χ0) is 14.7. The van der Waals surface area contributed by atoms with Gasteiger partial charge in [0.25, 0.3) is 0 Å². The lowest BCUT2D eigenvalue weighted by Crippen LogP contribution is -2.47. The summed E-state index contributed by atoms with van der Waals surface area (Å²) in [5.74, 6) is 2.38. The van der Waals surface area contributed by atoms with Gasteiger partial charge in [0.2, 0.25) is 0 Å². The van der Waals surface area contributed by atoms with Gasteiger partial charge in [-0.25, -0.2) is 4.68 Å². The van der Waals surface area contributed by atoms with Crippen molar-refractivity contribution < 1.29 is 0 Å². The SMILES string of the molecule is CNC(c1ccnn1-c1ccccc1)C1CSCCN1C. The lowest BCUT2D eigenvalue weighted by Gasteiger charge is -2.37. The second kappa shape index (κ2) is 6.64. The van der Waals surface area contributed by atoms with Gasteiger partial charge in [-0.3, -0.25) is 4.90 Å². The van der Waals surface area contributed by atoms with E-state index in [-0.39, 0.29) is 6.04 Å². The largest absolute Gasteiger partial charge is 0.310 e. The molecule has 5 heteroatoms. The molecule has 1 N–H and O–H groups in total. The van der Waals surface area contributed by atoms with Gasteiger partial charge in [-0.05, 0) is 32.3 Å². The summed E-state index contributed by atoms with van der Waals surface area (Å²) >= 11 is 2.04. The first kappa shape index (κ1) is 14.6. The van der Waals surface area contributed by atoms with Crippen molar-refractivity contribution in [1.29, 1.82) is 0 Å². The van der Waals surface area contributed by atoms with Crippen molar-refractivity contribution in [3.8, 4) is 5.69 Å². The smallest absolute Gasteiger partial charge is 0.0660 e. The van der Waals surface area contributed by atoms with Crippen molar-refractivity contribution in [3.63, 3.8) is 0 Å². The van der Waals surface area contributed by atoms with Gasteiger partial charge in [-0.2, -0.15) is 16.9 Å². The van der Waals surface area contributed by atoms with Gasteiger partial charge in [0.15, 0.2) is 0 Å². The van der Waals surface area contributed by atoms with Gasteiger partial charge >= 0.3 is 0 Å². The van der Waals surface area contributed by atoms with Crippen molar-refractivity contribution in [2.24, 2.45) is 0 Å². The van der Waals surface area contributed by atoms with E-state index in [0.29, 0.717) is 6.04 Å². The molecular formula is C16H22N4S. The highest BCUT2D eigenvalue weighted by Crippen LogP contribution is 2.27. The van der Waals surface area contributed by atoms with E-state index in [1.807, 2.05) is 35.8 Å². The molecule has 2 atom stereocenters. The monoisotopic (exact) mass is 302 g/mol. The molecule has 1 aromatic carbocycles. The fraction of sp³-hybridized carbons (Fsp3) is 0.438. The van der Waals surface area contributed by atoms with Crippen LogP contribution in [0.25, 0.3) is 5.69 Å². The fourth-order valence-electron chi connectivity index (χ4n) is 2.93. The van der Waals surface area contributed by atoms with Crippen LogP contribution in [0.15, 0.2) is 42.6 Å². The highest BCUT2D eigenvalue weighted by atomic mass is 32.2. The van der Waals surface area contributed by atoms with Crippen LogP contribution in [0.3, 0.4) is 0 Å². The molecule has 4 nitrogen and oxygen atoms in total. The van der Waals surface area contributed by atoms with E-state index in [0.717, 1.165) is 18.0 Å². The molecule has 2 unspecified atom stereocenters. The predicted octanol–water partition coefficient (Wildman–Crippen LogP) is 2.18. The zero-order valence-corrected chi connectivity index (χ0v) is 13.4. The summed E-state index contributed by atoms with van der Waals surface area (Å²) in [6, 6.07) is 13.2. The van der Waals surface area contributed by atoms with Crippen LogP contribution in [0.4, 0.5) is 0 Å². The van der Waals surface area contributed by atoms with Crippen LogP contribution in [-0.2, 0) is 0 Å². The summed E-state index contributed by atoms with van der Waals surface area (Å²) in [7, 11) is 4.26. The summed E-state index contributed by atoms with van der Waals surface area (Å²) in [4.78, 5) is 2.46. The van der Waals surface area contributed by atoms with Gasteiger partial charge < -0.3 is 5.32 Å². The lowest BCUT2D eigenvalue weighted by molar-refractivity contribution is 0.217. The van der Waals surface area contributed by atoms with Crippen LogP contribution in [0.1, 0.15) is 11.7 Å². The number of aromatic nitrogens is 2. The number of benzene rings is 1. The summed E-state index contributed by atoms with van der Waals surface area (Å²) in [5, 5.41) is 8.03. The molecule has 0 aliphatic carbocycles. The fourth-order valence-corrected chi connectivity index (χ4v) is 4.20. The Morgan fingerprint density at radius 1 is 1.29 bits per heavy atom. The average Bonchev–Trinajstić information content (AvgIpc) is 3.00. The maximum absolute atomic E-state index is 4.53. The van der Waals surface area contributed by atoms with Gasteiger partial charge in [0, 0.05) is 30.3 Å². The third-order valence-corrected chi connectivity index (χ3v) is 5.18. The normalized spacial score (nSPS) is 21.3. The van der Waals surface area contributed by atoms with Crippen molar-refractivity contribution in [3.05, 3.63) is 48.3 Å². The predicted molar refractivity (Wildman–Crippen MR) is 89.1 cm³/mol. The zero-order valence-electron chi connectivity index (χ0n) is 12.6. The molecule has 0 spiro atoms. The number of nitrogens with one attached hydrogen (secondary N) is 1. The van der Waals surface area contributed by atoms with Crippen molar-refractivity contribution in [2.75, 3.05) is 32.1 Å². The average molecular weight is 302 g/mol. The van der Waals surface area contributed by atoms with Crippen molar-refractivity contribution >= 4 is 11.8 Å². The third kappa shape index (κ3) is 3.00. The summed E-state index contributed by atoms with van der Waals surface area (Å²) in [5.41, 5.74) is 2.34. The quantitative estimate of drug-likeness (QED) is 0.938. The Balaban J connectivity index is 1.93. The number of hydrogen-bond donors (Lipinski definition) is 1. The summed E-state index contributed by atoms with van der Waals surface area (Å²) in [6.07, 6.45) is 1.89. The molecule has 1 saturated heterocycles. The van der Waals surface area contributed by atoms with Crippen molar-refractivity contribution in [2.45, 2.75) is 12.1 Å². The molecule has 2 aromatic rings. The molecule has 112 valence electrons. The lowest BCUT2D eigenvalue weighted by atomic mass is 10.0. The van der Waals surface area contributed by atoms with Crippen LogP contribution in [0, 0.1) is 0 Å². The molecule has 3 rings (SSSR count). The highest BCUT2D eigenvalue weighted by molar-refractivity contribution is 7.99. The number of para-hydroxylation sites is 1. The molecule has 0 bridgehead atoms. The van der Waals surface area contributed by atoms with E-state index in [1.165, 1.54) is 11.4 Å². The van der Waals surface area contributed by atoms with Crippen LogP contribution < -0.4 is 5.32 Å². The summed E-state index contributed by atoms with van der Waals surface area (Å²) in [6.45, 7) is 1.15. The first-order chi connectivity index (χ1) is 10.3. The topological polar surface area (TPSA) is 33.1 Å². The van der Waals surface area contributed by atoms with Crippen LogP contribution >= 0.6 is 11.8 Å². The van der Waals surface area contributed by atoms with Gasteiger partial charge in [-0.15, -0.1) is 0 Å². The van der Waals surface area contributed by atoms with E-state index in [1.54, 1.807) is 0 Å². The van der Waals surface area contributed by atoms with E-state index in [9.17, 15) is 0 Å². The standard InChI is InChI=1S/C16H22N4S/c1-17-16(15-12-21-11-10-19(15)2)14-8-9-18-20(14)13-6-4-3-5-7-13/h3-9,15-17H,10-12H2,1-2H3. The van der Waals surface area contributed by atoms with E-state index < -0.39 is 0 Å². The minimum Gasteiger partial charge on any atom is -0.310 e. The van der Waals surface area contributed by atoms with Gasteiger partial charge in [-0.1, -0.05) is 18.2 Å². The second-order valence-corrected chi connectivity index (χ2v) is 6.54. The van der Waals surface area contributed by atoms with E-state index in [4.69, 9.17) is 0 Å². The molecule has 0 amide bonds. The minimum absolute atomic E-state index is 0.283. The molecule has 1 aliphatic rings. The van der Waals surface area contributed by atoms with Crippen molar-refractivity contribution in [1.82, 2.24) is 20.0 Å². The van der Waals surface area contributed by atoms with E-state index in [2.05, 4.69) is 52.7 Å². The number of rotatable bonds is 4. The molecule has 1 fully saturated rings. The maximum atomic E-state index is 4.53. The number of likely N-dealkylation sites (N-methyl/N-ethyl adjacent to an activating group) is 2. The molecule has 21 heavy (non-hydrogen) atoms. The molecule has 0 radical (unpaired) electrons. The third-order valence-electron chi connectivity index (χ3n) is 4.13. The number of hydrogen-bond acceptors (Lipinski definition) is 4. The highest BCUT2D eigenvalue weighted by Gasteiger charge is 2.30. The Morgan fingerprint density at radius 2 is 2.10 bits per heavy atom. The van der Waals surface area contributed by atoms with Crippen LogP contribution in [0.2, 0.25) is 0 Å². The first-order valence-corrected chi connectivity index (χ1v) is 8.51. The Hall–Kier alpha value is -1.30. The van der Waals surface area contributed by atoms with Crippen LogP contribution in [0.5, 0.6) is 0 Å². The Labute approximate surface area is 130 Å². The Kier molecular flexibility index (Phi) is 4.63. The number of nitrogens with zero attached hydrogens (tertiary/aromatic N) is 3. The first-order valence-electron chi connectivity index (χ1n) is 7.36. The van der Waals surface area contributed by atoms with Gasteiger partial charge in [0.1, 0.15) is 0 Å². The number of thioether (sulfide) groups is 1. The molecular weight excluding hydrogens is 280 g/mol.